The zero-order chi connectivity index (χ0) is 12.7. The van der Waals surface area contributed by atoms with E-state index in [1.54, 1.807) is 0 Å². The van der Waals surface area contributed by atoms with Gasteiger partial charge in [0.15, 0.2) is 5.82 Å². The van der Waals surface area contributed by atoms with Crippen molar-refractivity contribution >= 4 is 5.78 Å². The molecule has 0 atom stereocenters. The smallest absolute Gasteiger partial charge is 0.232 e. The van der Waals surface area contributed by atoms with Crippen molar-refractivity contribution in [1.82, 2.24) is 19.2 Å². The van der Waals surface area contributed by atoms with Gasteiger partial charge < -0.3 is 5.73 Å². The second-order valence-electron chi connectivity index (χ2n) is 4.31. The lowest BCUT2D eigenvalue weighted by Gasteiger charge is -1.99. The molecule has 0 saturated carbocycles. The normalized spacial score (nSPS) is 11.3. The van der Waals surface area contributed by atoms with Crippen LogP contribution in [0.3, 0.4) is 0 Å². The Kier molecular flexibility index (Phi) is 2.41. The van der Waals surface area contributed by atoms with E-state index >= 15 is 0 Å². The molecule has 0 aliphatic heterocycles. The molecule has 5 nitrogen and oxygen atoms in total. The number of aryl methyl sites for hydroxylation is 2. The lowest BCUT2D eigenvalue weighted by atomic mass is 10.2. The number of benzene rings is 1. The van der Waals surface area contributed by atoms with Crippen molar-refractivity contribution in [2.45, 2.75) is 13.5 Å². The SMILES string of the molecule is Cc1nc2n(C)c(-c3ccccc3)nn2c1CN. The topological polar surface area (TPSA) is 61.1 Å². The highest BCUT2D eigenvalue weighted by Gasteiger charge is 2.15. The quantitative estimate of drug-likeness (QED) is 0.739. The van der Waals surface area contributed by atoms with Crippen molar-refractivity contribution < 1.29 is 0 Å². The summed E-state index contributed by atoms with van der Waals surface area (Å²) in [6.45, 7) is 2.40. The van der Waals surface area contributed by atoms with E-state index in [0.717, 1.165) is 28.6 Å². The first-order chi connectivity index (χ1) is 8.72. The molecule has 1 aromatic carbocycles. The Morgan fingerprint density at radius 1 is 1.22 bits per heavy atom. The monoisotopic (exact) mass is 241 g/mol. The fourth-order valence-electron chi connectivity index (χ4n) is 2.19. The maximum Gasteiger partial charge on any atom is 0.232 e. The summed E-state index contributed by atoms with van der Waals surface area (Å²) >= 11 is 0. The summed E-state index contributed by atoms with van der Waals surface area (Å²) in [7, 11) is 1.97. The van der Waals surface area contributed by atoms with E-state index < -0.39 is 0 Å². The van der Waals surface area contributed by atoms with Gasteiger partial charge >= 0.3 is 0 Å². The zero-order valence-corrected chi connectivity index (χ0v) is 10.5. The maximum atomic E-state index is 5.75. The summed E-state index contributed by atoms with van der Waals surface area (Å²) in [5, 5.41) is 4.61. The fraction of sp³-hybridized carbons (Fsp3) is 0.231. The molecule has 2 heterocycles. The van der Waals surface area contributed by atoms with Crippen molar-refractivity contribution in [1.29, 1.82) is 0 Å². The van der Waals surface area contributed by atoms with E-state index in [9.17, 15) is 0 Å². The van der Waals surface area contributed by atoms with Crippen molar-refractivity contribution in [2.24, 2.45) is 12.8 Å². The summed E-state index contributed by atoms with van der Waals surface area (Å²) in [6.07, 6.45) is 0. The third-order valence-corrected chi connectivity index (χ3v) is 3.17. The second-order valence-corrected chi connectivity index (χ2v) is 4.31. The molecule has 0 saturated heterocycles. The molecule has 5 heteroatoms. The van der Waals surface area contributed by atoms with E-state index in [2.05, 4.69) is 10.1 Å². The van der Waals surface area contributed by atoms with Crippen LogP contribution < -0.4 is 5.73 Å². The molecule has 2 N–H and O–H groups in total. The number of hydrogen-bond acceptors (Lipinski definition) is 3. The summed E-state index contributed by atoms with van der Waals surface area (Å²) in [4.78, 5) is 4.51. The molecule has 0 radical (unpaired) electrons. The lowest BCUT2D eigenvalue weighted by Crippen LogP contribution is -2.03. The number of nitrogens with two attached hydrogens (primary N) is 1. The van der Waals surface area contributed by atoms with Gasteiger partial charge in [0.25, 0.3) is 0 Å². The Bertz CT molecular complexity index is 693. The molecule has 0 unspecified atom stereocenters. The van der Waals surface area contributed by atoms with Crippen LogP contribution in [-0.4, -0.2) is 19.2 Å². The van der Waals surface area contributed by atoms with Crippen LogP contribution in [0.4, 0.5) is 0 Å². The number of rotatable bonds is 2. The number of fused-ring (bicyclic) bond motifs is 1. The number of imidazole rings is 1. The van der Waals surface area contributed by atoms with Crippen molar-refractivity contribution in [3.63, 3.8) is 0 Å². The van der Waals surface area contributed by atoms with E-state index in [0.29, 0.717) is 6.54 Å². The standard InChI is InChI=1S/C13H15N5/c1-9-11(8-14)18-13(15-9)17(2)12(16-18)10-6-4-3-5-7-10/h3-7H,8,14H2,1-2H3. The van der Waals surface area contributed by atoms with Gasteiger partial charge in [-0.2, -0.15) is 4.52 Å². The first-order valence-corrected chi connectivity index (χ1v) is 5.88. The molecule has 0 spiro atoms. The third kappa shape index (κ3) is 1.44. The van der Waals surface area contributed by atoms with Crippen molar-refractivity contribution in [3.05, 3.63) is 41.7 Å². The Morgan fingerprint density at radius 3 is 2.61 bits per heavy atom. The fourth-order valence-corrected chi connectivity index (χ4v) is 2.19. The van der Waals surface area contributed by atoms with Crippen LogP contribution in [0.15, 0.2) is 30.3 Å². The largest absolute Gasteiger partial charge is 0.325 e. The molecular formula is C13H15N5. The van der Waals surface area contributed by atoms with Gasteiger partial charge in [-0.05, 0) is 6.92 Å². The first kappa shape index (κ1) is 11.0. The molecule has 0 aliphatic carbocycles. The second kappa shape index (κ2) is 3.96. The highest BCUT2D eigenvalue weighted by atomic mass is 15.4. The molecule has 3 aromatic rings. The van der Waals surface area contributed by atoms with Crippen LogP contribution in [-0.2, 0) is 13.6 Å². The van der Waals surface area contributed by atoms with Gasteiger partial charge in [-0.25, -0.2) is 4.98 Å². The summed E-state index contributed by atoms with van der Waals surface area (Å²) < 4.78 is 3.82. The zero-order valence-electron chi connectivity index (χ0n) is 10.5. The van der Waals surface area contributed by atoms with Crippen molar-refractivity contribution in [3.8, 4) is 11.4 Å². The van der Waals surface area contributed by atoms with Crippen LogP contribution in [0, 0.1) is 6.92 Å². The van der Waals surface area contributed by atoms with Crippen LogP contribution in [0.2, 0.25) is 0 Å². The van der Waals surface area contributed by atoms with Crippen LogP contribution in [0.25, 0.3) is 17.2 Å². The predicted molar refractivity (Wildman–Crippen MR) is 70.0 cm³/mol. The van der Waals surface area contributed by atoms with Gasteiger partial charge in [-0.3, -0.25) is 4.57 Å². The molecule has 2 aromatic heterocycles. The van der Waals surface area contributed by atoms with E-state index in [1.807, 2.05) is 53.4 Å². The van der Waals surface area contributed by atoms with Gasteiger partial charge in [-0.15, -0.1) is 5.10 Å². The van der Waals surface area contributed by atoms with E-state index in [-0.39, 0.29) is 0 Å². The molecule has 0 fully saturated rings. The number of aromatic nitrogens is 4. The third-order valence-electron chi connectivity index (χ3n) is 3.17. The molecule has 92 valence electrons. The summed E-state index contributed by atoms with van der Waals surface area (Å²) in [6, 6.07) is 10.1. The molecule has 3 rings (SSSR count). The summed E-state index contributed by atoms with van der Waals surface area (Å²) in [5.74, 6) is 1.72. The first-order valence-electron chi connectivity index (χ1n) is 5.88. The van der Waals surface area contributed by atoms with Crippen LogP contribution >= 0.6 is 0 Å². The average molecular weight is 241 g/mol. The highest BCUT2D eigenvalue weighted by Crippen LogP contribution is 2.20. The maximum absolute atomic E-state index is 5.75. The highest BCUT2D eigenvalue weighted by molar-refractivity contribution is 5.58. The Balaban J connectivity index is 2.27. The minimum atomic E-state index is 0.443. The van der Waals surface area contributed by atoms with Crippen LogP contribution in [0.5, 0.6) is 0 Å². The Hall–Kier alpha value is -2.14. The minimum absolute atomic E-state index is 0.443. The molecule has 0 amide bonds. The lowest BCUT2D eigenvalue weighted by molar-refractivity contribution is 0.859. The van der Waals surface area contributed by atoms with Gasteiger partial charge in [0.2, 0.25) is 5.78 Å². The molecule has 0 bridgehead atoms. The average Bonchev–Trinajstić information content (AvgIpc) is 2.87. The van der Waals surface area contributed by atoms with Crippen LogP contribution in [0.1, 0.15) is 11.4 Å². The van der Waals surface area contributed by atoms with Gasteiger partial charge in [-0.1, -0.05) is 30.3 Å². The molecule has 0 aliphatic rings. The Labute approximate surface area is 105 Å². The Morgan fingerprint density at radius 2 is 1.94 bits per heavy atom. The van der Waals surface area contributed by atoms with Gasteiger partial charge in [0.05, 0.1) is 11.4 Å². The predicted octanol–water partition coefficient (Wildman–Crippen LogP) is 1.50. The van der Waals surface area contributed by atoms with Gasteiger partial charge in [0, 0.05) is 19.2 Å². The summed E-state index contributed by atoms with van der Waals surface area (Å²) in [5.41, 5.74) is 8.73. The molecular weight excluding hydrogens is 226 g/mol. The molecule has 18 heavy (non-hydrogen) atoms. The van der Waals surface area contributed by atoms with E-state index in [4.69, 9.17) is 5.73 Å². The number of hydrogen-bond donors (Lipinski definition) is 1. The van der Waals surface area contributed by atoms with E-state index in [1.165, 1.54) is 0 Å². The van der Waals surface area contributed by atoms with Crippen molar-refractivity contribution in [2.75, 3.05) is 0 Å². The number of nitrogens with zero attached hydrogens (tertiary/aromatic N) is 4. The minimum Gasteiger partial charge on any atom is -0.325 e. The van der Waals surface area contributed by atoms with Gasteiger partial charge in [0.1, 0.15) is 0 Å².